The minimum Gasteiger partial charge on any atom is -0.489 e. The summed E-state index contributed by atoms with van der Waals surface area (Å²) in [6, 6.07) is 12.0. The van der Waals surface area contributed by atoms with E-state index in [4.69, 9.17) is 4.74 Å². The largest absolute Gasteiger partial charge is 0.489 e. The van der Waals surface area contributed by atoms with Crippen LogP contribution in [-0.4, -0.2) is 11.5 Å². The van der Waals surface area contributed by atoms with Gasteiger partial charge in [-0.3, -0.25) is 4.79 Å². The maximum atomic E-state index is 11.6. The Labute approximate surface area is 136 Å². The topological polar surface area (TPSA) is 38.3 Å². The number of ether oxygens (including phenoxy) is 1. The minimum absolute atomic E-state index is 0.0710. The van der Waals surface area contributed by atoms with Gasteiger partial charge in [0.2, 0.25) is 0 Å². The van der Waals surface area contributed by atoms with Gasteiger partial charge in [-0.05, 0) is 50.3 Å². The van der Waals surface area contributed by atoms with Crippen LogP contribution in [0.4, 0.5) is 10.5 Å². The smallest absolute Gasteiger partial charge is 0.283 e. The molecule has 0 aromatic heterocycles. The summed E-state index contributed by atoms with van der Waals surface area (Å²) in [5, 5.41) is 2.83. The van der Waals surface area contributed by atoms with Crippen molar-refractivity contribution < 1.29 is 9.53 Å². The van der Waals surface area contributed by atoms with Crippen LogP contribution in [0.1, 0.15) is 22.3 Å². The van der Waals surface area contributed by atoms with Gasteiger partial charge in [0.05, 0.1) is 0 Å². The van der Waals surface area contributed by atoms with E-state index in [-0.39, 0.29) is 5.24 Å². The van der Waals surface area contributed by atoms with Crippen molar-refractivity contribution in [2.45, 2.75) is 27.4 Å². The monoisotopic (exact) mass is 315 g/mol. The lowest BCUT2D eigenvalue weighted by Crippen LogP contribution is -2.09. The Morgan fingerprint density at radius 1 is 1.14 bits per heavy atom. The lowest BCUT2D eigenvalue weighted by molar-refractivity contribution is 0.269. The van der Waals surface area contributed by atoms with Gasteiger partial charge in [0.1, 0.15) is 12.4 Å². The molecular formula is C18H21NO2S. The standard InChI is InChI=1S/C18H21NO2S/c1-12-8-9-17(14(3)10-12)21-11-15-13(2)6-5-7-16(15)19-18(20)22-4/h5-10H,11H2,1-4H3,(H,19,20). The molecule has 0 heterocycles. The first-order valence-corrected chi connectivity index (χ1v) is 8.37. The van der Waals surface area contributed by atoms with Crippen LogP contribution in [0.3, 0.4) is 0 Å². The third-order valence-corrected chi connectivity index (χ3v) is 4.01. The van der Waals surface area contributed by atoms with Gasteiger partial charge in [0, 0.05) is 11.3 Å². The normalized spacial score (nSPS) is 10.4. The van der Waals surface area contributed by atoms with E-state index in [2.05, 4.69) is 18.3 Å². The highest BCUT2D eigenvalue weighted by Crippen LogP contribution is 2.25. The number of amides is 1. The highest BCUT2D eigenvalue weighted by molar-refractivity contribution is 8.13. The Kier molecular flexibility index (Phi) is 5.50. The van der Waals surface area contributed by atoms with Crippen molar-refractivity contribution in [3.63, 3.8) is 0 Å². The van der Waals surface area contributed by atoms with Crippen LogP contribution in [0.15, 0.2) is 36.4 Å². The van der Waals surface area contributed by atoms with Crippen LogP contribution in [0.25, 0.3) is 0 Å². The number of rotatable bonds is 4. The molecule has 0 aliphatic rings. The zero-order valence-electron chi connectivity index (χ0n) is 13.4. The third-order valence-electron chi connectivity index (χ3n) is 3.53. The van der Waals surface area contributed by atoms with E-state index in [0.717, 1.165) is 39.9 Å². The summed E-state index contributed by atoms with van der Waals surface area (Å²) in [6.07, 6.45) is 1.76. The lowest BCUT2D eigenvalue weighted by Gasteiger charge is -2.15. The maximum absolute atomic E-state index is 11.6. The summed E-state index contributed by atoms with van der Waals surface area (Å²) < 4.78 is 5.96. The Morgan fingerprint density at radius 2 is 1.91 bits per heavy atom. The fourth-order valence-electron chi connectivity index (χ4n) is 2.28. The molecule has 22 heavy (non-hydrogen) atoms. The van der Waals surface area contributed by atoms with Crippen molar-refractivity contribution in [3.8, 4) is 5.75 Å². The molecule has 0 fully saturated rings. The summed E-state index contributed by atoms with van der Waals surface area (Å²) in [5.41, 5.74) is 5.25. The summed E-state index contributed by atoms with van der Waals surface area (Å²) in [5.74, 6) is 0.871. The molecule has 0 aliphatic carbocycles. The second kappa shape index (κ2) is 7.36. The second-order valence-electron chi connectivity index (χ2n) is 5.28. The summed E-state index contributed by atoms with van der Waals surface area (Å²) >= 11 is 1.16. The quantitative estimate of drug-likeness (QED) is 0.854. The number of anilines is 1. The first kappa shape index (κ1) is 16.4. The van der Waals surface area contributed by atoms with E-state index in [1.807, 2.05) is 44.2 Å². The lowest BCUT2D eigenvalue weighted by atomic mass is 10.1. The maximum Gasteiger partial charge on any atom is 0.283 e. The molecule has 3 nitrogen and oxygen atoms in total. The van der Waals surface area contributed by atoms with Crippen LogP contribution >= 0.6 is 11.8 Å². The summed E-state index contributed by atoms with van der Waals surface area (Å²) in [6.45, 7) is 6.56. The summed E-state index contributed by atoms with van der Waals surface area (Å²) in [7, 11) is 0. The van der Waals surface area contributed by atoms with E-state index in [1.165, 1.54) is 5.56 Å². The molecule has 0 radical (unpaired) electrons. The van der Waals surface area contributed by atoms with Gasteiger partial charge in [0.15, 0.2) is 0 Å². The van der Waals surface area contributed by atoms with E-state index in [0.29, 0.717) is 6.61 Å². The molecule has 2 aromatic rings. The molecule has 0 spiro atoms. The van der Waals surface area contributed by atoms with Crippen molar-refractivity contribution in [2.75, 3.05) is 11.6 Å². The van der Waals surface area contributed by atoms with Gasteiger partial charge in [0.25, 0.3) is 5.24 Å². The van der Waals surface area contributed by atoms with Crippen LogP contribution in [-0.2, 0) is 6.61 Å². The van der Waals surface area contributed by atoms with Crippen molar-refractivity contribution in [1.29, 1.82) is 0 Å². The third kappa shape index (κ3) is 4.04. The Morgan fingerprint density at radius 3 is 2.59 bits per heavy atom. The number of hydrogen-bond acceptors (Lipinski definition) is 3. The molecule has 1 N–H and O–H groups in total. The highest BCUT2D eigenvalue weighted by Gasteiger charge is 2.10. The molecule has 1 amide bonds. The number of hydrogen-bond donors (Lipinski definition) is 1. The molecule has 116 valence electrons. The zero-order valence-corrected chi connectivity index (χ0v) is 14.2. The van der Waals surface area contributed by atoms with Gasteiger partial charge < -0.3 is 10.1 Å². The predicted octanol–water partition coefficient (Wildman–Crippen LogP) is 5.09. The molecule has 2 rings (SSSR count). The van der Waals surface area contributed by atoms with E-state index < -0.39 is 0 Å². The van der Waals surface area contributed by atoms with Crippen molar-refractivity contribution >= 4 is 22.7 Å². The number of carbonyl (C=O) groups is 1. The van der Waals surface area contributed by atoms with Crippen molar-refractivity contribution in [1.82, 2.24) is 0 Å². The SMILES string of the molecule is CSC(=O)Nc1cccc(C)c1COc1ccc(C)cc1C. The average molecular weight is 315 g/mol. The van der Waals surface area contributed by atoms with Crippen LogP contribution in [0.2, 0.25) is 0 Å². The fourth-order valence-corrected chi connectivity index (χ4v) is 2.50. The number of carbonyl (C=O) groups excluding carboxylic acids is 1. The van der Waals surface area contributed by atoms with Crippen molar-refractivity contribution in [2.24, 2.45) is 0 Å². The van der Waals surface area contributed by atoms with E-state index in [9.17, 15) is 4.79 Å². The average Bonchev–Trinajstić information content (AvgIpc) is 2.48. The van der Waals surface area contributed by atoms with Crippen molar-refractivity contribution in [3.05, 3.63) is 58.7 Å². The van der Waals surface area contributed by atoms with Gasteiger partial charge in [-0.25, -0.2) is 0 Å². The Hall–Kier alpha value is -1.94. The summed E-state index contributed by atoms with van der Waals surface area (Å²) in [4.78, 5) is 11.6. The second-order valence-corrected chi connectivity index (χ2v) is 6.05. The molecule has 0 unspecified atom stereocenters. The fraction of sp³-hybridized carbons (Fsp3) is 0.278. The van der Waals surface area contributed by atoms with Crippen LogP contribution in [0, 0.1) is 20.8 Å². The predicted molar refractivity (Wildman–Crippen MR) is 94.0 cm³/mol. The molecule has 0 aliphatic heterocycles. The highest BCUT2D eigenvalue weighted by atomic mass is 32.2. The molecular weight excluding hydrogens is 294 g/mol. The molecule has 2 aromatic carbocycles. The Balaban J connectivity index is 2.19. The minimum atomic E-state index is -0.0710. The van der Waals surface area contributed by atoms with E-state index in [1.54, 1.807) is 6.26 Å². The van der Waals surface area contributed by atoms with Gasteiger partial charge in [-0.15, -0.1) is 0 Å². The molecule has 0 saturated heterocycles. The van der Waals surface area contributed by atoms with E-state index >= 15 is 0 Å². The van der Waals surface area contributed by atoms with Gasteiger partial charge >= 0.3 is 0 Å². The van der Waals surface area contributed by atoms with Crippen LogP contribution < -0.4 is 10.1 Å². The first-order chi connectivity index (χ1) is 10.5. The number of thioether (sulfide) groups is 1. The van der Waals surface area contributed by atoms with Crippen LogP contribution in [0.5, 0.6) is 5.75 Å². The zero-order chi connectivity index (χ0) is 16.1. The molecule has 0 atom stereocenters. The van der Waals surface area contributed by atoms with Gasteiger partial charge in [-0.1, -0.05) is 41.6 Å². The molecule has 0 saturated carbocycles. The number of aryl methyl sites for hydroxylation is 3. The molecule has 4 heteroatoms. The number of benzene rings is 2. The number of nitrogens with one attached hydrogen (secondary N) is 1. The molecule has 0 bridgehead atoms. The van der Waals surface area contributed by atoms with Gasteiger partial charge in [-0.2, -0.15) is 0 Å². The first-order valence-electron chi connectivity index (χ1n) is 7.14. The Bertz CT molecular complexity index is 683.